The van der Waals surface area contributed by atoms with Crippen LogP contribution < -0.4 is 10.5 Å². The Labute approximate surface area is 151 Å². The van der Waals surface area contributed by atoms with Crippen molar-refractivity contribution in [3.8, 4) is 17.0 Å². The maximum absolute atomic E-state index is 13.5. The fraction of sp³-hybridized carbons (Fsp3) is 0.474. The highest BCUT2D eigenvalue weighted by molar-refractivity contribution is 5.64. The Balaban J connectivity index is 2.32. The molecule has 0 aliphatic carbocycles. The van der Waals surface area contributed by atoms with Crippen molar-refractivity contribution in [1.82, 2.24) is 9.97 Å². The fourth-order valence-corrected chi connectivity index (χ4v) is 2.88. The highest BCUT2D eigenvalue weighted by Gasteiger charge is 2.36. The number of alkyl halides is 3. The monoisotopic (exact) mass is 367 g/mol. The number of nitrogens with zero attached hydrogens (tertiary/aromatic N) is 2. The molecule has 0 bridgehead atoms. The summed E-state index contributed by atoms with van der Waals surface area (Å²) >= 11 is 0. The molecule has 2 N–H and O–H groups in total. The van der Waals surface area contributed by atoms with E-state index in [1.165, 1.54) is 6.20 Å². The number of hydrogen-bond acceptors (Lipinski definition) is 4. The number of pyridine rings is 2. The SMILES string of the molecule is Cc1cc(-c2cnc(OCC(C)(N)CC(C)C)c(C(F)(F)F)c2)ccn1. The molecule has 4 nitrogen and oxygen atoms in total. The molecule has 0 aliphatic rings. The van der Waals surface area contributed by atoms with Gasteiger partial charge in [-0.05, 0) is 49.9 Å². The highest BCUT2D eigenvalue weighted by Crippen LogP contribution is 2.37. The van der Waals surface area contributed by atoms with E-state index >= 15 is 0 Å². The Hall–Kier alpha value is -2.15. The van der Waals surface area contributed by atoms with E-state index in [4.69, 9.17) is 10.5 Å². The van der Waals surface area contributed by atoms with E-state index in [0.717, 1.165) is 6.07 Å². The van der Waals surface area contributed by atoms with Crippen molar-refractivity contribution in [3.63, 3.8) is 0 Å². The Bertz CT molecular complexity index is 758. The van der Waals surface area contributed by atoms with Gasteiger partial charge in [-0.15, -0.1) is 0 Å². The summed E-state index contributed by atoms with van der Waals surface area (Å²) < 4.78 is 45.8. The Morgan fingerprint density at radius 1 is 1.15 bits per heavy atom. The lowest BCUT2D eigenvalue weighted by atomic mass is 9.93. The molecule has 0 fully saturated rings. The van der Waals surface area contributed by atoms with Gasteiger partial charge in [-0.2, -0.15) is 13.2 Å². The van der Waals surface area contributed by atoms with Gasteiger partial charge < -0.3 is 10.5 Å². The Morgan fingerprint density at radius 3 is 2.42 bits per heavy atom. The molecular weight excluding hydrogens is 343 g/mol. The van der Waals surface area contributed by atoms with Gasteiger partial charge in [-0.3, -0.25) is 4.98 Å². The third-order valence-electron chi connectivity index (χ3n) is 3.80. The molecule has 7 heteroatoms. The predicted molar refractivity (Wildman–Crippen MR) is 94.7 cm³/mol. The van der Waals surface area contributed by atoms with E-state index < -0.39 is 23.2 Å². The minimum Gasteiger partial charge on any atom is -0.475 e. The maximum atomic E-state index is 13.5. The van der Waals surface area contributed by atoms with Crippen molar-refractivity contribution < 1.29 is 17.9 Å². The fourth-order valence-electron chi connectivity index (χ4n) is 2.88. The average molecular weight is 367 g/mol. The Morgan fingerprint density at radius 2 is 1.85 bits per heavy atom. The van der Waals surface area contributed by atoms with E-state index in [1.807, 2.05) is 13.8 Å². The molecule has 0 radical (unpaired) electrons. The summed E-state index contributed by atoms with van der Waals surface area (Å²) in [5.74, 6) is -0.145. The molecule has 0 aromatic carbocycles. The van der Waals surface area contributed by atoms with Gasteiger partial charge in [0.1, 0.15) is 12.2 Å². The van der Waals surface area contributed by atoms with E-state index in [1.54, 1.807) is 32.2 Å². The predicted octanol–water partition coefficient (Wildman–Crippen LogP) is 4.61. The highest BCUT2D eigenvalue weighted by atomic mass is 19.4. The van der Waals surface area contributed by atoms with Gasteiger partial charge in [-0.25, -0.2) is 4.98 Å². The van der Waals surface area contributed by atoms with Crippen LogP contribution in [0.2, 0.25) is 0 Å². The molecule has 0 saturated carbocycles. The molecule has 1 atom stereocenters. The second-order valence-electron chi connectivity index (χ2n) is 7.30. The minimum absolute atomic E-state index is 0.0467. The second-order valence-corrected chi connectivity index (χ2v) is 7.30. The number of aromatic nitrogens is 2. The first-order valence-corrected chi connectivity index (χ1v) is 8.40. The van der Waals surface area contributed by atoms with Crippen molar-refractivity contribution in [1.29, 1.82) is 0 Å². The number of aryl methyl sites for hydroxylation is 1. The number of ether oxygens (including phenoxy) is 1. The first kappa shape index (κ1) is 20.2. The van der Waals surface area contributed by atoms with Crippen LogP contribution in [-0.2, 0) is 6.18 Å². The summed E-state index contributed by atoms with van der Waals surface area (Å²) in [5.41, 5.74) is 6.16. The van der Waals surface area contributed by atoms with Crippen LogP contribution in [0.25, 0.3) is 11.1 Å². The van der Waals surface area contributed by atoms with Crippen LogP contribution in [0.5, 0.6) is 5.88 Å². The average Bonchev–Trinajstić information content (AvgIpc) is 2.51. The standard InChI is InChI=1S/C19H24F3N3O/c1-12(2)9-18(4,23)11-26-17-16(19(20,21)22)8-15(10-25-17)14-5-6-24-13(3)7-14/h5-8,10,12H,9,11,23H2,1-4H3. The normalized spacial score (nSPS) is 14.3. The van der Waals surface area contributed by atoms with Crippen LogP contribution in [0.3, 0.4) is 0 Å². The molecule has 2 heterocycles. The van der Waals surface area contributed by atoms with Gasteiger partial charge in [0.05, 0.1) is 0 Å². The van der Waals surface area contributed by atoms with Crippen LogP contribution in [0.15, 0.2) is 30.6 Å². The molecule has 26 heavy (non-hydrogen) atoms. The number of halogens is 3. The van der Waals surface area contributed by atoms with Crippen LogP contribution in [-0.4, -0.2) is 22.1 Å². The molecule has 142 valence electrons. The van der Waals surface area contributed by atoms with E-state index in [-0.39, 0.29) is 6.61 Å². The molecule has 1 unspecified atom stereocenters. The van der Waals surface area contributed by atoms with Crippen molar-refractivity contribution in [2.24, 2.45) is 11.7 Å². The lowest BCUT2D eigenvalue weighted by Gasteiger charge is -2.27. The van der Waals surface area contributed by atoms with Crippen molar-refractivity contribution in [2.75, 3.05) is 6.61 Å². The zero-order valence-corrected chi connectivity index (χ0v) is 15.4. The van der Waals surface area contributed by atoms with Gasteiger partial charge in [-0.1, -0.05) is 13.8 Å². The summed E-state index contributed by atoms with van der Waals surface area (Å²) in [4.78, 5) is 7.97. The topological polar surface area (TPSA) is 61.0 Å². The van der Waals surface area contributed by atoms with Gasteiger partial charge in [0, 0.05) is 29.2 Å². The first-order chi connectivity index (χ1) is 12.0. The second kappa shape index (κ2) is 7.61. The maximum Gasteiger partial charge on any atom is 0.421 e. The molecule has 0 spiro atoms. The third kappa shape index (κ3) is 5.42. The van der Waals surface area contributed by atoms with Crippen molar-refractivity contribution >= 4 is 0 Å². The zero-order chi connectivity index (χ0) is 19.5. The van der Waals surface area contributed by atoms with Gasteiger partial charge in [0.25, 0.3) is 0 Å². The lowest BCUT2D eigenvalue weighted by molar-refractivity contribution is -0.139. The zero-order valence-electron chi connectivity index (χ0n) is 15.4. The van der Waals surface area contributed by atoms with Crippen LogP contribution in [0.1, 0.15) is 38.4 Å². The van der Waals surface area contributed by atoms with Crippen LogP contribution in [0, 0.1) is 12.8 Å². The number of hydrogen-bond donors (Lipinski definition) is 1. The number of nitrogens with two attached hydrogens (primary N) is 1. The summed E-state index contributed by atoms with van der Waals surface area (Å²) in [5, 5.41) is 0. The van der Waals surface area contributed by atoms with Crippen molar-refractivity contribution in [2.45, 2.75) is 45.8 Å². The summed E-state index contributed by atoms with van der Waals surface area (Å²) in [6, 6.07) is 4.40. The van der Waals surface area contributed by atoms with Gasteiger partial charge in [0.2, 0.25) is 5.88 Å². The molecular formula is C19H24F3N3O. The minimum atomic E-state index is -4.58. The summed E-state index contributed by atoms with van der Waals surface area (Å²) in [6.45, 7) is 7.48. The van der Waals surface area contributed by atoms with E-state index in [0.29, 0.717) is 29.2 Å². The van der Waals surface area contributed by atoms with Gasteiger partial charge >= 0.3 is 6.18 Å². The molecule has 2 aromatic rings. The molecule has 0 aliphatic heterocycles. The lowest BCUT2D eigenvalue weighted by Crippen LogP contribution is -2.43. The third-order valence-corrected chi connectivity index (χ3v) is 3.80. The van der Waals surface area contributed by atoms with E-state index in [9.17, 15) is 13.2 Å². The molecule has 0 saturated heterocycles. The smallest absolute Gasteiger partial charge is 0.421 e. The first-order valence-electron chi connectivity index (χ1n) is 8.40. The van der Waals surface area contributed by atoms with Crippen LogP contribution in [0.4, 0.5) is 13.2 Å². The quantitative estimate of drug-likeness (QED) is 0.810. The summed E-state index contributed by atoms with van der Waals surface area (Å²) in [6.07, 6.45) is -1.03. The molecule has 0 amide bonds. The largest absolute Gasteiger partial charge is 0.475 e. The Kier molecular flexibility index (Phi) is 5.91. The summed E-state index contributed by atoms with van der Waals surface area (Å²) in [7, 11) is 0. The van der Waals surface area contributed by atoms with Gasteiger partial charge in [0.15, 0.2) is 0 Å². The molecule has 2 aromatic heterocycles. The molecule has 2 rings (SSSR count). The van der Waals surface area contributed by atoms with E-state index in [2.05, 4.69) is 9.97 Å². The van der Waals surface area contributed by atoms with Crippen LogP contribution >= 0.6 is 0 Å². The van der Waals surface area contributed by atoms with Crippen molar-refractivity contribution in [3.05, 3.63) is 41.9 Å². The number of rotatable bonds is 6.